The number of aliphatic carboxylic acids is 1. The number of rotatable bonds is 3. The van der Waals surface area contributed by atoms with Crippen LogP contribution in [0.5, 0.6) is 0 Å². The third-order valence-corrected chi connectivity index (χ3v) is 8.58. The zero-order valence-corrected chi connectivity index (χ0v) is 26.4. The normalized spacial score (nSPS) is 47.2. The van der Waals surface area contributed by atoms with Crippen LogP contribution in [0.2, 0.25) is 0 Å². The third-order valence-electron chi connectivity index (χ3n) is 8.58. The molecule has 0 unspecified atom stereocenters. The predicted octanol–water partition coefficient (Wildman–Crippen LogP) is 0.120. The Hall–Kier alpha value is -2.76. The van der Waals surface area contributed by atoms with Crippen molar-refractivity contribution in [2.45, 2.75) is 125 Å². The molecule has 0 aromatic rings. The Labute approximate surface area is 273 Å². The maximum atomic E-state index is 12.3. The highest BCUT2D eigenvalue weighted by Crippen LogP contribution is 2.39. The zero-order valence-electron chi connectivity index (χ0n) is 26.4. The summed E-state index contributed by atoms with van der Waals surface area (Å²) < 4.78 is 28.5. The van der Waals surface area contributed by atoms with Crippen LogP contribution in [0.3, 0.4) is 0 Å². The van der Waals surface area contributed by atoms with Gasteiger partial charge in [0, 0.05) is 38.2 Å². The summed E-state index contributed by atoms with van der Waals surface area (Å²) in [5.74, 6) is -5.45. The van der Waals surface area contributed by atoms with E-state index in [-0.39, 0.29) is 25.4 Å². The van der Waals surface area contributed by atoms with Crippen LogP contribution in [0, 0.1) is 5.92 Å². The van der Waals surface area contributed by atoms with Crippen molar-refractivity contribution in [1.29, 1.82) is 0 Å². The van der Waals surface area contributed by atoms with Crippen molar-refractivity contribution in [2.75, 3.05) is 0 Å². The van der Waals surface area contributed by atoms with Gasteiger partial charge >= 0.3 is 11.9 Å². The van der Waals surface area contributed by atoms with Crippen LogP contribution in [-0.4, -0.2) is 122 Å². The number of fused-ring (bicyclic) bond motifs is 3. The molecule has 4 aliphatic heterocycles. The Morgan fingerprint density at radius 1 is 0.936 bits per heavy atom. The maximum absolute atomic E-state index is 12.3. The molecule has 3 fully saturated rings. The SMILES string of the molecule is C[C@@H]1C/C=C/C=C/C=C/C=C\[C@H](O[C@@H]2O[C@H](C)[C@@H](O)[C@H](N)[C@@H]2O)C[C@@H]2O[C@](O)(C[C@@H](O)C[C@H]3O[C@@H]3/C=C/C(=O)O1)C[C@H](O)[C@H]2C(=O)O. The number of nitrogens with two attached hydrogens (primary N) is 1. The standard InChI is InChI=1S/C33H47NO13/c1-18-10-8-6-4-3-5-7-9-11-21(45-32-30(39)28(34)29(38)19(2)44-32)15-25-27(31(40)41)22(36)17-33(42,47-25)16-20(35)14-24-23(46-24)12-13-26(37)43-18/h3-9,11-13,18-25,27-30,32,35-36,38-39,42H,10,14-17,34H2,1-2H3,(H,40,41)/b4-3+,7-5+,8-6+,11-9-,13-12+/t18-,19-,20+,21+,22+,23-,24-,25+,27-,28+,29-,30+,32+,33-/m1/s1. The van der Waals surface area contributed by atoms with Crippen LogP contribution in [-0.2, 0) is 33.3 Å². The number of epoxide rings is 1. The second kappa shape index (κ2) is 16.6. The number of aliphatic hydroxyl groups is 5. The Bertz CT molecular complexity index is 1220. The first-order chi connectivity index (χ1) is 22.3. The number of aliphatic hydroxyl groups excluding tert-OH is 4. The molecule has 0 spiro atoms. The van der Waals surface area contributed by atoms with Crippen molar-refractivity contribution < 1.29 is 63.9 Å². The summed E-state index contributed by atoms with van der Waals surface area (Å²) in [4.78, 5) is 24.4. The van der Waals surface area contributed by atoms with Gasteiger partial charge in [-0.3, -0.25) is 4.79 Å². The van der Waals surface area contributed by atoms with Gasteiger partial charge in [-0.1, -0.05) is 48.6 Å². The minimum absolute atomic E-state index is 0.0789. The Kier molecular flexibility index (Phi) is 13.1. The van der Waals surface area contributed by atoms with E-state index in [2.05, 4.69) is 0 Å². The van der Waals surface area contributed by atoms with Crippen LogP contribution in [0.25, 0.3) is 0 Å². The van der Waals surface area contributed by atoms with Gasteiger partial charge in [0.05, 0.1) is 48.8 Å². The third kappa shape index (κ3) is 10.6. The van der Waals surface area contributed by atoms with E-state index in [4.69, 9.17) is 29.4 Å². The van der Waals surface area contributed by atoms with E-state index >= 15 is 0 Å². The predicted molar refractivity (Wildman–Crippen MR) is 165 cm³/mol. The molecule has 0 saturated carbocycles. The minimum atomic E-state index is -2.10. The first kappa shape index (κ1) is 37.1. The summed E-state index contributed by atoms with van der Waals surface area (Å²) in [6, 6.07) is -1.08. The summed E-state index contributed by atoms with van der Waals surface area (Å²) in [5, 5.41) is 63.9. The van der Waals surface area contributed by atoms with Gasteiger partial charge in [-0.2, -0.15) is 0 Å². The van der Waals surface area contributed by atoms with Gasteiger partial charge in [-0.15, -0.1) is 0 Å². The minimum Gasteiger partial charge on any atom is -0.481 e. The van der Waals surface area contributed by atoms with Crippen LogP contribution in [0.4, 0.5) is 0 Å². The van der Waals surface area contributed by atoms with E-state index in [0.29, 0.717) is 6.42 Å². The van der Waals surface area contributed by atoms with Gasteiger partial charge in [0.1, 0.15) is 24.2 Å². The second-order valence-electron chi connectivity index (χ2n) is 12.6. The lowest BCUT2D eigenvalue weighted by Gasteiger charge is -2.45. The smallest absolute Gasteiger partial charge is 0.330 e. The molecule has 47 heavy (non-hydrogen) atoms. The van der Waals surface area contributed by atoms with Gasteiger partial charge in [0.15, 0.2) is 12.1 Å². The van der Waals surface area contributed by atoms with E-state index < -0.39 is 97.3 Å². The molecule has 0 aromatic heterocycles. The summed E-state index contributed by atoms with van der Waals surface area (Å²) in [5.41, 5.74) is 5.98. The van der Waals surface area contributed by atoms with Crippen molar-refractivity contribution >= 4 is 11.9 Å². The highest BCUT2D eigenvalue weighted by Gasteiger charge is 2.51. The average molecular weight is 666 g/mol. The number of ether oxygens (including phenoxy) is 5. The molecule has 0 amide bonds. The molecule has 262 valence electrons. The quantitative estimate of drug-likeness (QED) is 0.157. The van der Waals surface area contributed by atoms with Crippen molar-refractivity contribution in [2.24, 2.45) is 11.7 Å². The molecule has 4 rings (SSSR count). The Morgan fingerprint density at radius 3 is 2.36 bits per heavy atom. The average Bonchev–Trinajstić information content (AvgIpc) is 3.72. The molecule has 14 atom stereocenters. The number of carboxylic acids is 1. The number of cyclic esters (lactones) is 1. The lowest BCUT2D eigenvalue weighted by atomic mass is 9.83. The van der Waals surface area contributed by atoms with Crippen molar-refractivity contribution in [3.05, 3.63) is 60.8 Å². The summed E-state index contributed by atoms with van der Waals surface area (Å²) in [7, 11) is 0. The van der Waals surface area contributed by atoms with Gasteiger partial charge in [0.25, 0.3) is 0 Å². The molecule has 2 bridgehead atoms. The van der Waals surface area contributed by atoms with E-state index in [1.54, 1.807) is 56.4 Å². The number of carbonyl (C=O) groups excluding carboxylic acids is 1. The fourth-order valence-electron chi connectivity index (χ4n) is 6.00. The fraction of sp³-hybridized carbons (Fsp3) is 0.636. The molecule has 4 aliphatic rings. The molecule has 3 saturated heterocycles. The topological polar surface area (TPSA) is 231 Å². The van der Waals surface area contributed by atoms with Crippen molar-refractivity contribution in [3.8, 4) is 0 Å². The van der Waals surface area contributed by atoms with Crippen LogP contribution in [0.15, 0.2) is 60.8 Å². The fourth-order valence-corrected chi connectivity index (χ4v) is 6.00. The highest BCUT2D eigenvalue weighted by atomic mass is 16.7. The molecule has 0 aliphatic carbocycles. The van der Waals surface area contributed by atoms with Crippen LogP contribution in [0.1, 0.15) is 46.0 Å². The van der Waals surface area contributed by atoms with Gasteiger partial charge in [-0.05, 0) is 19.9 Å². The van der Waals surface area contributed by atoms with E-state index in [1.807, 2.05) is 6.08 Å². The summed E-state index contributed by atoms with van der Waals surface area (Å²) >= 11 is 0. The molecule has 8 N–H and O–H groups in total. The number of esters is 1. The van der Waals surface area contributed by atoms with E-state index in [0.717, 1.165) is 0 Å². The summed E-state index contributed by atoms with van der Waals surface area (Å²) in [6.07, 6.45) is 5.25. The van der Waals surface area contributed by atoms with Gasteiger partial charge in [0.2, 0.25) is 0 Å². The monoisotopic (exact) mass is 665 g/mol. The molecule has 14 heteroatoms. The van der Waals surface area contributed by atoms with Crippen molar-refractivity contribution in [1.82, 2.24) is 0 Å². The molecule has 4 heterocycles. The van der Waals surface area contributed by atoms with Gasteiger partial charge in [-0.25, -0.2) is 4.79 Å². The number of carboxylic acid groups (broad SMARTS) is 1. The number of hydrogen-bond acceptors (Lipinski definition) is 13. The largest absolute Gasteiger partial charge is 0.481 e. The number of carbonyl (C=O) groups is 2. The van der Waals surface area contributed by atoms with Crippen LogP contribution >= 0.6 is 0 Å². The highest BCUT2D eigenvalue weighted by molar-refractivity contribution is 5.82. The Morgan fingerprint density at radius 2 is 1.64 bits per heavy atom. The zero-order chi connectivity index (χ0) is 34.3. The molecule has 0 aromatic carbocycles. The second-order valence-corrected chi connectivity index (χ2v) is 12.6. The van der Waals surface area contributed by atoms with E-state index in [1.165, 1.54) is 12.2 Å². The number of allylic oxidation sites excluding steroid dienone is 6. The molecular weight excluding hydrogens is 618 g/mol. The van der Waals surface area contributed by atoms with Crippen LogP contribution < -0.4 is 5.73 Å². The molecular formula is C33H47NO13. The summed E-state index contributed by atoms with van der Waals surface area (Å²) in [6.45, 7) is 3.34. The lowest BCUT2D eigenvalue weighted by Crippen LogP contribution is -2.61. The number of hydrogen-bond donors (Lipinski definition) is 7. The van der Waals surface area contributed by atoms with E-state index in [9.17, 15) is 40.2 Å². The van der Waals surface area contributed by atoms with Gasteiger partial charge < -0.3 is 60.1 Å². The van der Waals surface area contributed by atoms with Crippen molar-refractivity contribution in [3.63, 3.8) is 0 Å². The molecule has 0 radical (unpaired) electrons. The molecule has 14 nitrogen and oxygen atoms in total. The Balaban J connectivity index is 1.58. The maximum Gasteiger partial charge on any atom is 0.330 e. The lowest BCUT2D eigenvalue weighted by molar-refractivity contribution is -0.308. The first-order valence-electron chi connectivity index (χ1n) is 15.9. The first-order valence-corrected chi connectivity index (χ1v) is 15.9.